The zero-order valence-electron chi connectivity index (χ0n) is 7.07. The van der Waals surface area contributed by atoms with Crippen molar-refractivity contribution in [2.45, 2.75) is 0 Å². The normalized spacial score (nSPS) is 10.6. The van der Waals surface area contributed by atoms with E-state index in [1.54, 1.807) is 18.2 Å². The second kappa shape index (κ2) is 5.27. The highest BCUT2D eigenvalue weighted by molar-refractivity contribution is 5.79. The van der Waals surface area contributed by atoms with Crippen molar-refractivity contribution in [2.75, 3.05) is 13.2 Å². The molecule has 0 aromatic heterocycles. The van der Waals surface area contributed by atoms with Crippen LogP contribution in [0.25, 0.3) is 0 Å². The van der Waals surface area contributed by atoms with Crippen LogP contribution in [0.4, 0.5) is 4.39 Å². The fourth-order valence-electron chi connectivity index (χ4n) is 0.810. The minimum atomic E-state index is -0.308. The van der Waals surface area contributed by atoms with E-state index < -0.39 is 0 Å². The maximum atomic E-state index is 12.9. The number of aliphatic hydroxyl groups excluding tert-OH is 1. The van der Waals surface area contributed by atoms with Gasteiger partial charge < -0.3 is 10.5 Å². The minimum absolute atomic E-state index is 0.00854. The molecule has 0 unspecified atom stereocenters. The van der Waals surface area contributed by atoms with Crippen LogP contribution in [-0.4, -0.2) is 24.5 Å². The molecule has 0 bridgehead atoms. The van der Waals surface area contributed by atoms with E-state index in [1.165, 1.54) is 12.3 Å². The van der Waals surface area contributed by atoms with Gasteiger partial charge in [-0.2, -0.15) is 5.10 Å². The molecular formula is C9H11FN2O. The summed E-state index contributed by atoms with van der Waals surface area (Å²) in [5.41, 5.74) is 2.99. The average molecular weight is 182 g/mol. The molecule has 1 rings (SSSR count). The molecule has 0 aliphatic rings. The van der Waals surface area contributed by atoms with Crippen LogP contribution in [0.3, 0.4) is 0 Å². The predicted octanol–water partition coefficient (Wildman–Crippen LogP) is 0.742. The van der Waals surface area contributed by atoms with Crippen molar-refractivity contribution in [3.8, 4) is 0 Å². The van der Waals surface area contributed by atoms with Crippen LogP contribution in [0.1, 0.15) is 5.56 Å². The molecule has 0 radical (unpaired) electrons. The first kappa shape index (κ1) is 9.67. The monoisotopic (exact) mass is 182 g/mol. The Hall–Kier alpha value is -1.42. The largest absolute Gasteiger partial charge is 0.394 e. The first-order valence-corrected chi connectivity index (χ1v) is 3.96. The number of hydrogen-bond acceptors (Lipinski definition) is 3. The van der Waals surface area contributed by atoms with Crippen LogP contribution in [-0.2, 0) is 0 Å². The Bertz CT molecular complexity index is 289. The fraction of sp³-hybridized carbons (Fsp3) is 0.222. The Kier molecular flexibility index (Phi) is 3.92. The van der Waals surface area contributed by atoms with Crippen molar-refractivity contribution in [1.29, 1.82) is 0 Å². The van der Waals surface area contributed by atoms with E-state index in [4.69, 9.17) is 5.11 Å². The van der Waals surface area contributed by atoms with Gasteiger partial charge in [0, 0.05) is 5.56 Å². The highest BCUT2D eigenvalue weighted by Gasteiger charge is 1.94. The van der Waals surface area contributed by atoms with Gasteiger partial charge in [-0.3, -0.25) is 0 Å². The molecule has 1 aromatic carbocycles. The third-order valence-electron chi connectivity index (χ3n) is 1.42. The van der Waals surface area contributed by atoms with Crippen molar-refractivity contribution in [3.05, 3.63) is 35.6 Å². The van der Waals surface area contributed by atoms with Gasteiger partial charge in [-0.25, -0.2) is 4.39 Å². The number of benzene rings is 1. The molecule has 0 spiro atoms. The summed E-state index contributed by atoms with van der Waals surface area (Å²) in [4.78, 5) is 0. The highest BCUT2D eigenvalue weighted by Crippen LogP contribution is 2.02. The van der Waals surface area contributed by atoms with E-state index in [9.17, 15) is 4.39 Å². The van der Waals surface area contributed by atoms with Crippen LogP contribution in [0.5, 0.6) is 0 Å². The lowest BCUT2D eigenvalue weighted by atomic mass is 10.2. The molecule has 1 aromatic rings. The summed E-state index contributed by atoms with van der Waals surface area (Å²) in [5, 5.41) is 12.1. The van der Waals surface area contributed by atoms with Crippen molar-refractivity contribution in [3.63, 3.8) is 0 Å². The maximum absolute atomic E-state index is 12.9. The first-order chi connectivity index (χ1) is 6.34. The zero-order chi connectivity index (χ0) is 9.52. The van der Waals surface area contributed by atoms with Crippen LogP contribution in [0, 0.1) is 5.82 Å². The van der Waals surface area contributed by atoms with Crippen LogP contribution in [0.15, 0.2) is 29.4 Å². The summed E-state index contributed by atoms with van der Waals surface area (Å²) in [6, 6.07) is 6.34. The van der Waals surface area contributed by atoms with E-state index in [0.717, 1.165) is 0 Å². The van der Waals surface area contributed by atoms with Gasteiger partial charge in [0.15, 0.2) is 0 Å². The molecule has 0 heterocycles. The molecule has 0 aliphatic heterocycles. The molecule has 2 N–H and O–H groups in total. The number of hydrazone groups is 1. The number of halogens is 1. The molecule has 0 saturated carbocycles. The number of hydrogen-bond donors (Lipinski definition) is 2. The molecule has 0 aliphatic carbocycles. The summed E-state index contributed by atoms with van der Waals surface area (Å²) in [6.07, 6.45) is 1.38. The van der Waals surface area contributed by atoms with Crippen molar-refractivity contribution < 1.29 is 9.50 Å². The summed E-state index contributed by atoms with van der Waals surface area (Å²) in [6.45, 7) is 0.375. The number of aliphatic hydroxyl groups is 1. The Morgan fingerprint density at radius 2 is 2.23 bits per heavy atom. The lowest BCUT2D eigenvalue weighted by molar-refractivity contribution is 0.294. The third-order valence-corrected chi connectivity index (χ3v) is 1.42. The Morgan fingerprint density at radius 1 is 1.46 bits per heavy atom. The fourth-order valence-corrected chi connectivity index (χ4v) is 0.810. The van der Waals surface area contributed by atoms with Gasteiger partial charge in [0.25, 0.3) is 0 Å². The van der Waals surface area contributed by atoms with Gasteiger partial charge >= 0.3 is 0 Å². The van der Waals surface area contributed by atoms with Crippen molar-refractivity contribution >= 4 is 6.21 Å². The summed E-state index contributed by atoms with van der Waals surface area (Å²) < 4.78 is 12.9. The number of nitrogens with one attached hydrogen (secondary N) is 1. The van der Waals surface area contributed by atoms with Gasteiger partial charge in [0.1, 0.15) is 5.82 Å². The zero-order valence-corrected chi connectivity index (χ0v) is 7.07. The van der Waals surface area contributed by atoms with Gasteiger partial charge in [-0.05, 0) is 6.07 Å². The van der Waals surface area contributed by atoms with E-state index in [2.05, 4.69) is 10.5 Å². The summed E-state index contributed by atoms with van der Waals surface area (Å²) >= 11 is 0. The van der Waals surface area contributed by atoms with Crippen LogP contribution < -0.4 is 5.43 Å². The Morgan fingerprint density at radius 3 is 2.92 bits per heavy atom. The smallest absolute Gasteiger partial charge is 0.132 e. The molecule has 0 saturated heterocycles. The molecule has 4 heteroatoms. The lowest BCUT2D eigenvalue weighted by Crippen LogP contribution is -2.11. The molecule has 3 nitrogen and oxygen atoms in total. The SMILES string of the molecule is OCCNN=Cc1ccccc1F. The topological polar surface area (TPSA) is 44.6 Å². The molecule has 13 heavy (non-hydrogen) atoms. The van der Waals surface area contributed by atoms with Crippen LogP contribution in [0.2, 0.25) is 0 Å². The molecule has 0 amide bonds. The quantitative estimate of drug-likeness (QED) is 0.410. The molecule has 0 fully saturated rings. The van der Waals surface area contributed by atoms with Gasteiger partial charge in [-0.15, -0.1) is 0 Å². The van der Waals surface area contributed by atoms with E-state index in [0.29, 0.717) is 12.1 Å². The summed E-state index contributed by atoms with van der Waals surface area (Å²) in [5.74, 6) is -0.308. The number of rotatable bonds is 4. The maximum Gasteiger partial charge on any atom is 0.132 e. The Labute approximate surface area is 75.9 Å². The van der Waals surface area contributed by atoms with E-state index >= 15 is 0 Å². The first-order valence-electron chi connectivity index (χ1n) is 3.96. The second-order valence-corrected chi connectivity index (χ2v) is 2.41. The standard InChI is InChI=1S/C9H11FN2O/c10-9-4-2-1-3-8(9)7-12-11-5-6-13/h1-4,7,11,13H,5-6H2. The highest BCUT2D eigenvalue weighted by atomic mass is 19.1. The van der Waals surface area contributed by atoms with Crippen molar-refractivity contribution in [2.24, 2.45) is 5.10 Å². The van der Waals surface area contributed by atoms with Gasteiger partial charge in [-0.1, -0.05) is 18.2 Å². The summed E-state index contributed by atoms with van der Waals surface area (Å²) in [7, 11) is 0. The molecular weight excluding hydrogens is 171 g/mol. The van der Waals surface area contributed by atoms with E-state index in [-0.39, 0.29) is 12.4 Å². The molecule has 0 atom stereocenters. The van der Waals surface area contributed by atoms with Gasteiger partial charge in [0.05, 0.1) is 19.4 Å². The molecule has 70 valence electrons. The minimum Gasteiger partial charge on any atom is -0.394 e. The average Bonchev–Trinajstić information content (AvgIpc) is 2.15. The Balaban J connectivity index is 2.53. The lowest BCUT2D eigenvalue weighted by Gasteiger charge is -1.96. The predicted molar refractivity (Wildman–Crippen MR) is 49.1 cm³/mol. The van der Waals surface area contributed by atoms with Crippen molar-refractivity contribution in [1.82, 2.24) is 5.43 Å². The van der Waals surface area contributed by atoms with Gasteiger partial charge in [0.2, 0.25) is 0 Å². The third kappa shape index (κ3) is 3.21. The number of nitrogens with zero attached hydrogens (tertiary/aromatic N) is 1. The van der Waals surface area contributed by atoms with E-state index in [1.807, 2.05) is 0 Å². The van der Waals surface area contributed by atoms with Crippen LogP contribution >= 0.6 is 0 Å². The second-order valence-electron chi connectivity index (χ2n) is 2.41.